The van der Waals surface area contributed by atoms with Crippen LogP contribution in [-0.4, -0.2) is 101 Å². The molecule has 0 unspecified atom stereocenters. The Hall–Kier alpha value is -6.29. The predicted molar refractivity (Wildman–Crippen MR) is 207 cm³/mol. The molecule has 0 saturated carbocycles. The lowest BCUT2D eigenvalue weighted by molar-refractivity contribution is -0.141. The Kier molecular flexibility index (Phi) is 11.4. The topological polar surface area (TPSA) is 144 Å². The molecule has 0 atom stereocenters. The molecule has 5 rings (SSSR count). The summed E-state index contributed by atoms with van der Waals surface area (Å²) in [6, 6.07) is 10.8. The highest BCUT2D eigenvalue weighted by Gasteiger charge is 2.29. The second-order valence-corrected chi connectivity index (χ2v) is 14.3. The SMILES string of the molecule is C#CCN(C)c1cccc2c1c(CC(=O)O)cn2C(=O)C(=C)COC(=O)Cc1cn(C(=O)C(=C)C)c2cccc(N3CCN(C(=O)OC(C)(C)C)CC3)c12. The van der Waals surface area contributed by atoms with Gasteiger partial charge >= 0.3 is 18.0 Å². The van der Waals surface area contributed by atoms with E-state index in [1.54, 1.807) is 54.2 Å². The highest BCUT2D eigenvalue weighted by molar-refractivity contribution is 6.08. The molecule has 2 aromatic heterocycles. The number of esters is 1. The molecular weight excluding hydrogens is 690 g/mol. The Morgan fingerprint density at radius 2 is 1.48 bits per heavy atom. The van der Waals surface area contributed by atoms with Gasteiger partial charge in [0.25, 0.3) is 11.8 Å². The van der Waals surface area contributed by atoms with Crippen molar-refractivity contribution in [1.82, 2.24) is 14.0 Å². The number of carbonyl (C=O) groups is 5. The summed E-state index contributed by atoms with van der Waals surface area (Å²) in [7, 11) is 1.78. The van der Waals surface area contributed by atoms with E-state index in [0.29, 0.717) is 70.4 Å². The van der Waals surface area contributed by atoms with Gasteiger partial charge < -0.3 is 29.3 Å². The number of hydrogen-bond donors (Lipinski definition) is 1. The number of carboxylic acid groups (broad SMARTS) is 1. The first-order chi connectivity index (χ1) is 25.5. The number of piperazine rings is 1. The summed E-state index contributed by atoms with van der Waals surface area (Å²) in [5.74, 6) is -0.0605. The number of anilines is 2. The van der Waals surface area contributed by atoms with Crippen LogP contribution in [0.2, 0.25) is 0 Å². The standard InChI is InChI=1S/C41H45N5O8/c1-9-16-42(8)30-12-10-14-32-36(30)28(21-34(47)48)23-46(32)39(51)27(4)25-53-35(49)22-29-24-45(38(50)26(2)3)33-15-11-13-31(37(29)33)43-17-19-44(20-18-43)40(52)54-41(5,6)7/h1,10-15,23-24H,2,4,16-22,25H2,3,5-8H3,(H,47,48). The maximum absolute atomic E-state index is 13.7. The number of allylic oxidation sites excluding steroid dienone is 1. The second-order valence-electron chi connectivity index (χ2n) is 14.3. The number of nitrogens with zero attached hydrogens (tertiary/aromatic N) is 5. The number of amides is 1. The van der Waals surface area contributed by atoms with E-state index in [9.17, 15) is 29.1 Å². The highest BCUT2D eigenvalue weighted by atomic mass is 16.6. The highest BCUT2D eigenvalue weighted by Crippen LogP contribution is 2.34. The minimum absolute atomic E-state index is 0.0343. The van der Waals surface area contributed by atoms with E-state index < -0.39 is 30.1 Å². The fourth-order valence-corrected chi connectivity index (χ4v) is 6.53. The molecule has 0 aliphatic carbocycles. The summed E-state index contributed by atoms with van der Waals surface area (Å²) in [5, 5.41) is 10.9. The molecule has 282 valence electrons. The summed E-state index contributed by atoms with van der Waals surface area (Å²) >= 11 is 0. The molecule has 0 spiro atoms. The molecule has 3 heterocycles. The monoisotopic (exact) mass is 735 g/mol. The van der Waals surface area contributed by atoms with Crippen molar-refractivity contribution < 1.29 is 38.6 Å². The average molecular weight is 736 g/mol. The Labute approximate surface area is 314 Å². The molecule has 1 aliphatic rings. The van der Waals surface area contributed by atoms with E-state index in [2.05, 4.69) is 24.0 Å². The molecule has 1 fully saturated rings. The zero-order chi connectivity index (χ0) is 39.5. The molecular formula is C41H45N5O8. The number of ether oxygens (including phenoxy) is 2. The molecule has 1 aliphatic heterocycles. The predicted octanol–water partition coefficient (Wildman–Crippen LogP) is 5.55. The lowest BCUT2D eigenvalue weighted by Crippen LogP contribution is -2.50. The van der Waals surface area contributed by atoms with Crippen molar-refractivity contribution >= 4 is 63.0 Å². The van der Waals surface area contributed by atoms with Gasteiger partial charge in [0, 0.05) is 78.9 Å². The lowest BCUT2D eigenvalue weighted by Gasteiger charge is -2.37. The summed E-state index contributed by atoms with van der Waals surface area (Å²) in [4.78, 5) is 70.3. The molecule has 54 heavy (non-hydrogen) atoms. The van der Waals surface area contributed by atoms with Crippen LogP contribution in [0.1, 0.15) is 48.4 Å². The molecule has 2 aromatic carbocycles. The average Bonchev–Trinajstić information content (AvgIpc) is 3.67. The summed E-state index contributed by atoms with van der Waals surface area (Å²) in [6.45, 7) is 16.4. The van der Waals surface area contributed by atoms with Gasteiger partial charge in [0.1, 0.15) is 12.2 Å². The number of carbonyl (C=O) groups excluding carboxylic acids is 4. The summed E-state index contributed by atoms with van der Waals surface area (Å²) in [6.07, 6.45) is 7.65. The number of rotatable bonds is 11. The number of benzene rings is 2. The minimum atomic E-state index is -1.07. The van der Waals surface area contributed by atoms with Crippen LogP contribution < -0.4 is 9.80 Å². The van der Waals surface area contributed by atoms with E-state index in [1.807, 2.05) is 32.9 Å². The molecule has 1 saturated heterocycles. The maximum Gasteiger partial charge on any atom is 0.410 e. The lowest BCUT2D eigenvalue weighted by atomic mass is 10.1. The fourth-order valence-electron chi connectivity index (χ4n) is 6.53. The summed E-state index contributed by atoms with van der Waals surface area (Å²) in [5.41, 5.74) is 3.10. The van der Waals surface area contributed by atoms with E-state index in [4.69, 9.17) is 15.9 Å². The fraction of sp³-hybridized carbons (Fsp3) is 0.341. The number of aromatic nitrogens is 2. The van der Waals surface area contributed by atoms with Crippen molar-refractivity contribution in [3.8, 4) is 12.3 Å². The van der Waals surface area contributed by atoms with Crippen LogP contribution in [-0.2, 0) is 31.9 Å². The van der Waals surface area contributed by atoms with E-state index in [-0.39, 0.29) is 37.0 Å². The Balaban J connectivity index is 1.37. The second kappa shape index (κ2) is 15.8. The Morgan fingerprint density at radius 3 is 2.07 bits per heavy atom. The van der Waals surface area contributed by atoms with E-state index in [1.165, 1.54) is 15.3 Å². The molecule has 4 aromatic rings. The number of terminal acetylenes is 1. The first-order valence-corrected chi connectivity index (χ1v) is 17.4. The zero-order valence-corrected chi connectivity index (χ0v) is 31.3. The number of aliphatic carboxylic acids is 1. The van der Waals surface area contributed by atoms with Crippen LogP contribution in [0.4, 0.5) is 16.2 Å². The quantitative estimate of drug-likeness (QED) is 0.118. The van der Waals surface area contributed by atoms with Gasteiger partial charge in [-0.15, -0.1) is 6.42 Å². The molecule has 1 N–H and O–H groups in total. The van der Waals surface area contributed by atoms with Gasteiger partial charge in [-0.05, 0) is 63.1 Å². The van der Waals surface area contributed by atoms with Gasteiger partial charge in [-0.3, -0.25) is 28.3 Å². The molecule has 13 heteroatoms. The third-order valence-corrected chi connectivity index (χ3v) is 8.97. The maximum atomic E-state index is 13.7. The first kappa shape index (κ1) is 38.9. The summed E-state index contributed by atoms with van der Waals surface area (Å²) < 4.78 is 13.9. The van der Waals surface area contributed by atoms with Gasteiger partial charge in [-0.25, -0.2) is 4.79 Å². The van der Waals surface area contributed by atoms with Crippen LogP contribution in [0.15, 0.2) is 73.1 Å². The third-order valence-electron chi connectivity index (χ3n) is 8.97. The zero-order valence-electron chi connectivity index (χ0n) is 31.3. The number of fused-ring (bicyclic) bond motifs is 2. The van der Waals surface area contributed by atoms with Crippen molar-refractivity contribution in [2.75, 3.05) is 56.2 Å². The van der Waals surface area contributed by atoms with Crippen molar-refractivity contribution in [3.05, 3.63) is 84.2 Å². The largest absolute Gasteiger partial charge is 0.481 e. The number of hydrogen-bond acceptors (Lipinski definition) is 9. The first-order valence-electron chi connectivity index (χ1n) is 17.4. The molecule has 1 amide bonds. The van der Waals surface area contributed by atoms with Crippen LogP contribution in [0.25, 0.3) is 21.8 Å². The van der Waals surface area contributed by atoms with Crippen molar-refractivity contribution in [2.24, 2.45) is 0 Å². The van der Waals surface area contributed by atoms with Crippen LogP contribution >= 0.6 is 0 Å². The van der Waals surface area contributed by atoms with Gasteiger partial charge in [-0.2, -0.15) is 0 Å². The molecule has 0 radical (unpaired) electrons. The Bertz CT molecular complexity index is 2220. The smallest absolute Gasteiger partial charge is 0.410 e. The minimum Gasteiger partial charge on any atom is -0.481 e. The van der Waals surface area contributed by atoms with Crippen molar-refractivity contribution in [3.63, 3.8) is 0 Å². The third kappa shape index (κ3) is 8.33. The van der Waals surface area contributed by atoms with Crippen molar-refractivity contribution in [2.45, 2.75) is 46.1 Å². The van der Waals surface area contributed by atoms with Crippen LogP contribution in [0.5, 0.6) is 0 Å². The van der Waals surface area contributed by atoms with E-state index in [0.717, 1.165) is 5.69 Å². The molecule has 0 bridgehead atoms. The van der Waals surface area contributed by atoms with Gasteiger partial charge in [-0.1, -0.05) is 31.2 Å². The van der Waals surface area contributed by atoms with Gasteiger partial charge in [0.05, 0.1) is 30.4 Å². The van der Waals surface area contributed by atoms with Crippen molar-refractivity contribution in [1.29, 1.82) is 0 Å². The number of carboxylic acids is 1. The normalized spacial score (nSPS) is 13.0. The van der Waals surface area contributed by atoms with Gasteiger partial charge in [0.15, 0.2) is 0 Å². The van der Waals surface area contributed by atoms with E-state index >= 15 is 0 Å². The van der Waals surface area contributed by atoms with Crippen LogP contribution in [0.3, 0.4) is 0 Å². The molecule has 13 nitrogen and oxygen atoms in total. The van der Waals surface area contributed by atoms with Crippen LogP contribution in [0, 0.1) is 12.3 Å². The van der Waals surface area contributed by atoms with Gasteiger partial charge in [0.2, 0.25) is 0 Å². The Morgan fingerprint density at radius 1 is 0.889 bits per heavy atom.